The van der Waals surface area contributed by atoms with Gasteiger partial charge in [-0.3, -0.25) is 4.98 Å². The number of hydrogen-bond acceptors (Lipinski definition) is 4. The standard InChI is InChI=1S/C12H21N3S/c1-9-7-15(3)10(2)4-12(9)14-6-11-5-13-8-16-11/h5,8-10,12,14H,4,6-7H2,1-3H3. The number of nitrogens with zero attached hydrogens (tertiary/aromatic N) is 2. The highest BCUT2D eigenvalue weighted by Crippen LogP contribution is 2.21. The predicted octanol–water partition coefficient (Wildman–Crippen LogP) is 1.96. The molecule has 0 radical (unpaired) electrons. The lowest BCUT2D eigenvalue weighted by Crippen LogP contribution is -2.50. The maximum absolute atomic E-state index is 4.10. The number of thiazole rings is 1. The third-order valence-electron chi connectivity index (χ3n) is 3.63. The Kier molecular flexibility index (Phi) is 3.95. The van der Waals surface area contributed by atoms with E-state index >= 15 is 0 Å². The zero-order chi connectivity index (χ0) is 11.5. The van der Waals surface area contributed by atoms with Crippen LogP contribution in [0.4, 0.5) is 0 Å². The number of hydrogen-bond donors (Lipinski definition) is 1. The average Bonchev–Trinajstić information content (AvgIpc) is 2.74. The second-order valence-corrected chi connectivity index (χ2v) is 5.93. The molecule has 0 amide bonds. The number of likely N-dealkylation sites (tertiary alicyclic amines) is 1. The van der Waals surface area contributed by atoms with Crippen LogP contribution in [0.3, 0.4) is 0 Å². The summed E-state index contributed by atoms with van der Waals surface area (Å²) in [5, 5.41) is 3.67. The zero-order valence-electron chi connectivity index (χ0n) is 10.3. The molecule has 16 heavy (non-hydrogen) atoms. The molecule has 1 aromatic rings. The molecule has 1 fully saturated rings. The maximum atomic E-state index is 4.10. The first-order chi connectivity index (χ1) is 7.66. The molecule has 2 rings (SSSR count). The quantitative estimate of drug-likeness (QED) is 0.874. The van der Waals surface area contributed by atoms with Crippen molar-refractivity contribution in [1.29, 1.82) is 0 Å². The fourth-order valence-electron chi connectivity index (χ4n) is 2.39. The summed E-state index contributed by atoms with van der Waals surface area (Å²) < 4.78 is 0. The highest BCUT2D eigenvalue weighted by Gasteiger charge is 2.28. The van der Waals surface area contributed by atoms with Crippen molar-refractivity contribution in [3.63, 3.8) is 0 Å². The van der Waals surface area contributed by atoms with Crippen molar-refractivity contribution in [1.82, 2.24) is 15.2 Å². The van der Waals surface area contributed by atoms with Gasteiger partial charge in [-0.25, -0.2) is 0 Å². The van der Waals surface area contributed by atoms with E-state index in [0.29, 0.717) is 12.1 Å². The molecule has 1 saturated heterocycles. The van der Waals surface area contributed by atoms with E-state index in [1.165, 1.54) is 17.8 Å². The van der Waals surface area contributed by atoms with Crippen molar-refractivity contribution < 1.29 is 0 Å². The second-order valence-electron chi connectivity index (χ2n) is 4.96. The molecule has 1 aliphatic heterocycles. The van der Waals surface area contributed by atoms with Crippen molar-refractivity contribution in [3.05, 3.63) is 16.6 Å². The third-order valence-corrected chi connectivity index (χ3v) is 4.41. The predicted molar refractivity (Wildman–Crippen MR) is 68.6 cm³/mol. The molecule has 0 aromatic carbocycles. The van der Waals surface area contributed by atoms with E-state index in [1.54, 1.807) is 11.3 Å². The molecule has 2 heterocycles. The first-order valence-corrected chi connectivity index (χ1v) is 6.85. The van der Waals surface area contributed by atoms with Crippen molar-refractivity contribution in [2.45, 2.75) is 38.9 Å². The molecule has 0 bridgehead atoms. The van der Waals surface area contributed by atoms with Crippen LogP contribution in [-0.2, 0) is 6.54 Å². The van der Waals surface area contributed by atoms with E-state index in [2.05, 4.69) is 36.1 Å². The van der Waals surface area contributed by atoms with Gasteiger partial charge in [0, 0.05) is 36.2 Å². The lowest BCUT2D eigenvalue weighted by atomic mass is 9.90. The summed E-state index contributed by atoms with van der Waals surface area (Å²) in [6.07, 6.45) is 3.21. The highest BCUT2D eigenvalue weighted by molar-refractivity contribution is 7.09. The summed E-state index contributed by atoms with van der Waals surface area (Å²) in [6.45, 7) is 6.82. The van der Waals surface area contributed by atoms with Crippen molar-refractivity contribution in [2.75, 3.05) is 13.6 Å². The van der Waals surface area contributed by atoms with Gasteiger partial charge >= 0.3 is 0 Å². The molecule has 1 N–H and O–H groups in total. The number of aromatic nitrogens is 1. The van der Waals surface area contributed by atoms with Crippen LogP contribution >= 0.6 is 11.3 Å². The van der Waals surface area contributed by atoms with Crippen molar-refractivity contribution in [2.24, 2.45) is 5.92 Å². The molecule has 90 valence electrons. The molecule has 1 aromatic heterocycles. The highest BCUT2D eigenvalue weighted by atomic mass is 32.1. The minimum atomic E-state index is 0.647. The summed E-state index contributed by atoms with van der Waals surface area (Å²) >= 11 is 1.73. The van der Waals surface area contributed by atoms with E-state index in [1.807, 2.05) is 11.7 Å². The Morgan fingerprint density at radius 3 is 3.06 bits per heavy atom. The first-order valence-electron chi connectivity index (χ1n) is 5.98. The van der Waals surface area contributed by atoms with Crippen LogP contribution in [0, 0.1) is 5.92 Å². The van der Waals surface area contributed by atoms with Gasteiger partial charge < -0.3 is 10.2 Å². The Morgan fingerprint density at radius 1 is 1.56 bits per heavy atom. The van der Waals surface area contributed by atoms with Crippen LogP contribution in [0.25, 0.3) is 0 Å². The third kappa shape index (κ3) is 2.81. The Balaban J connectivity index is 1.85. The van der Waals surface area contributed by atoms with Gasteiger partial charge in [0.1, 0.15) is 0 Å². The van der Waals surface area contributed by atoms with Gasteiger partial charge in [0.2, 0.25) is 0 Å². The minimum Gasteiger partial charge on any atom is -0.309 e. The largest absolute Gasteiger partial charge is 0.309 e. The summed E-state index contributed by atoms with van der Waals surface area (Å²) in [7, 11) is 2.22. The second kappa shape index (κ2) is 5.25. The fraction of sp³-hybridized carbons (Fsp3) is 0.750. The Labute approximate surface area is 102 Å². The van der Waals surface area contributed by atoms with Gasteiger partial charge in [-0.2, -0.15) is 0 Å². The SMILES string of the molecule is CC1CN(C)C(C)CC1NCc1cncs1. The molecule has 1 aliphatic rings. The smallest absolute Gasteiger partial charge is 0.0794 e. The molecule has 0 aliphatic carbocycles. The minimum absolute atomic E-state index is 0.647. The molecule has 0 saturated carbocycles. The van der Waals surface area contributed by atoms with Crippen molar-refractivity contribution in [3.8, 4) is 0 Å². The molecule has 3 unspecified atom stereocenters. The lowest BCUT2D eigenvalue weighted by molar-refractivity contribution is 0.121. The molecular weight excluding hydrogens is 218 g/mol. The Morgan fingerprint density at radius 2 is 2.38 bits per heavy atom. The van der Waals surface area contributed by atoms with Gasteiger partial charge in [0.15, 0.2) is 0 Å². The van der Waals surface area contributed by atoms with Crippen LogP contribution in [0.5, 0.6) is 0 Å². The topological polar surface area (TPSA) is 28.2 Å². The van der Waals surface area contributed by atoms with Gasteiger partial charge in [0.05, 0.1) is 5.51 Å². The van der Waals surface area contributed by atoms with Crippen LogP contribution in [0.2, 0.25) is 0 Å². The molecule has 0 spiro atoms. The lowest BCUT2D eigenvalue weighted by Gasteiger charge is -2.40. The van der Waals surface area contributed by atoms with E-state index in [9.17, 15) is 0 Å². The average molecular weight is 239 g/mol. The van der Waals surface area contributed by atoms with Gasteiger partial charge in [-0.1, -0.05) is 6.92 Å². The van der Waals surface area contributed by atoms with E-state index < -0.39 is 0 Å². The zero-order valence-corrected chi connectivity index (χ0v) is 11.1. The molecule has 3 nitrogen and oxygen atoms in total. The summed E-state index contributed by atoms with van der Waals surface area (Å²) in [5.74, 6) is 0.731. The van der Waals surface area contributed by atoms with Gasteiger partial charge in [-0.05, 0) is 26.3 Å². The number of nitrogens with one attached hydrogen (secondary N) is 1. The van der Waals surface area contributed by atoms with Crippen LogP contribution in [0.15, 0.2) is 11.7 Å². The van der Waals surface area contributed by atoms with E-state index in [0.717, 1.165) is 12.5 Å². The summed E-state index contributed by atoms with van der Waals surface area (Å²) in [4.78, 5) is 7.89. The fourth-order valence-corrected chi connectivity index (χ4v) is 2.93. The monoisotopic (exact) mass is 239 g/mol. The van der Waals surface area contributed by atoms with E-state index in [4.69, 9.17) is 0 Å². The summed E-state index contributed by atoms with van der Waals surface area (Å²) in [5.41, 5.74) is 1.90. The molecular formula is C12H21N3S. The van der Waals surface area contributed by atoms with Gasteiger partial charge in [0.25, 0.3) is 0 Å². The number of piperidine rings is 1. The first kappa shape index (κ1) is 12.0. The van der Waals surface area contributed by atoms with E-state index in [-0.39, 0.29) is 0 Å². The van der Waals surface area contributed by atoms with Crippen LogP contribution in [-0.4, -0.2) is 35.6 Å². The van der Waals surface area contributed by atoms with Crippen LogP contribution in [0.1, 0.15) is 25.1 Å². The number of rotatable bonds is 3. The molecule has 4 heteroatoms. The van der Waals surface area contributed by atoms with Crippen molar-refractivity contribution >= 4 is 11.3 Å². The van der Waals surface area contributed by atoms with Gasteiger partial charge in [-0.15, -0.1) is 11.3 Å². The summed E-state index contributed by atoms with van der Waals surface area (Å²) in [6, 6.07) is 1.34. The maximum Gasteiger partial charge on any atom is 0.0794 e. The van der Waals surface area contributed by atoms with Crippen LogP contribution < -0.4 is 5.32 Å². The Bertz CT molecular complexity index is 312. The molecule has 3 atom stereocenters. The normalized spacial score (nSPS) is 31.8. The Hall–Kier alpha value is -0.450.